The maximum Gasteiger partial charge on any atom is 0.215 e. The summed E-state index contributed by atoms with van der Waals surface area (Å²) in [7, 11) is -3.37. The van der Waals surface area contributed by atoms with E-state index in [0.717, 1.165) is 0 Å². The van der Waals surface area contributed by atoms with Crippen molar-refractivity contribution in [1.82, 2.24) is 9.71 Å². The molecule has 0 saturated carbocycles. The normalized spacial score (nSPS) is 11.7. The fourth-order valence-electron chi connectivity index (χ4n) is 1.68. The van der Waals surface area contributed by atoms with Gasteiger partial charge in [0.15, 0.2) is 5.89 Å². The van der Waals surface area contributed by atoms with E-state index in [4.69, 9.17) is 16.0 Å². The Morgan fingerprint density at radius 1 is 1.30 bits per heavy atom. The van der Waals surface area contributed by atoms with Crippen LogP contribution in [0.15, 0.2) is 34.9 Å². The van der Waals surface area contributed by atoms with E-state index < -0.39 is 10.0 Å². The van der Waals surface area contributed by atoms with E-state index in [1.165, 1.54) is 0 Å². The van der Waals surface area contributed by atoms with Crippen LogP contribution in [0, 0.1) is 6.92 Å². The molecule has 1 aromatic carbocycles. The molecule has 0 aliphatic rings. The number of nitrogens with one attached hydrogen (secondary N) is 1. The molecular formula is C13H15ClN2O3S. The number of aryl methyl sites for hydroxylation is 1. The summed E-state index contributed by atoms with van der Waals surface area (Å²) in [4.78, 5) is 4.01. The van der Waals surface area contributed by atoms with E-state index >= 15 is 0 Å². The van der Waals surface area contributed by atoms with Crippen molar-refractivity contribution < 1.29 is 12.8 Å². The third-order valence-corrected chi connectivity index (χ3v) is 4.21. The Kier molecular flexibility index (Phi) is 4.80. The van der Waals surface area contributed by atoms with Crippen LogP contribution in [-0.2, 0) is 22.2 Å². The number of hydrogen-bond donors (Lipinski definition) is 1. The van der Waals surface area contributed by atoms with Gasteiger partial charge in [-0.1, -0.05) is 23.7 Å². The molecule has 1 aromatic heterocycles. The first-order valence-electron chi connectivity index (χ1n) is 6.08. The molecule has 0 spiro atoms. The molecule has 1 heterocycles. The predicted molar refractivity (Wildman–Crippen MR) is 77.0 cm³/mol. The van der Waals surface area contributed by atoms with Crippen molar-refractivity contribution >= 4 is 21.6 Å². The summed E-state index contributed by atoms with van der Waals surface area (Å²) in [6.07, 6.45) is 2.03. The van der Waals surface area contributed by atoms with E-state index in [2.05, 4.69) is 9.71 Å². The topological polar surface area (TPSA) is 72.2 Å². The van der Waals surface area contributed by atoms with Crippen molar-refractivity contribution in [2.45, 2.75) is 19.1 Å². The van der Waals surface area contributed by atoms with Gasteiger partial charge >= 0.3 is 0 Å². The van der Waals surface area contributed by atoms with E-state index in [1.54, 1.807) is 37.4 Å². The van der Waals surface area contributed by atoms with Gasteiger partial charge in [-0.15, -0.1) is 0 Å². The third kappa shape index (κ3) is 4.63. The van der Waals surface area contributed by atoms with E-state index in [0.29, 0.717) is 28.7 Å². The van der Waals surface area contributed by atoms with Crippen LogP contribution in [0.2, 0.25) is 5.02 Å². The molecule has 0 aliphatic heterocycles. The highest BCUT2D eigenvalue weighted by molar-refractivity contribution is 7.88. The van der Waals surface area contributed by atoms with Gasteiger partial charge in [-0.3, -0.25) is 0 Å². The van der Waals surface area contributed by atoms with Crippen LogP contribution in [0.3, 0.4) is 0 Å². The predicted octanol–water partition coefficient (Wildman–Crippen LogP) is 2.30. The molecule has 0 unspecified atom stereocenters. The lowest BCUT2D eigenvalue weighted by Crippen LogP contribution is -2.27. The van der Waals surface area contributed by atoms with Crippen molar-refractivity contribution in [1.29, 1.82) is 0 Å². The van der Waals surface area contributed by atoms with Gasteiger partial charge in [0.05, 0.1) is 11.9 Å². The molecule has 0 atom stereocenters. The minimum Gasteiger partial charge on any atom is -0.446 e. The minimum absolute atomic E-state index is 0.0746. The molecule has 1 N–H and O–H groups in total. The summed E-state index contributed by atoms with van der Waals surface area (Å²) in [5.41, 5.74) is 0.689. The van der Waals surface area contributed by atoms with Gasteiger partial charge in [0, 0.05) is 18.0 Å². The zero-order valence-electron chi connectivity index (χ0n) is 11.0. The molecule has 5 nitrogen and oxygen atoms in total. The Morgan fingerprint density at radius 3 is 2.60 bits per heavy atom. The van der Waals surface area contributed by atoms with Gasteiger partial charge in [0.2, 0.25) is 10.0 Å². The van der Waals surface area contributed by atoms with Crippen molar-refractivity contribution in [2.24, 2.45) is 0 Å². The van der Waals surface area contributed by atoms with Gasteiger partial charge in [-0.05, 0) is 24.6 Å². The van der Waals surface area contributed by atoms with Crippen LogP contribution in [0.1, 0.15) is 17.2 Å². The third-order valence-electron chi connectivity index (χ3n) is 2.60. The van der Waals surface area contributed by atoms with Crippen LogP contribution in [0.25, 0.3) is 0 Å². The summed E-state index contributed by atoms with van der Waals surface area (Å²) in [5, 5.41) is 0.582. The lowest BCUT2D eigenvalue weighted by atomic mass is 10.2. The molecular weight excluding hydrogens is 300 g/mol. The molecule has 0 fully saturated rings. The number of nitrogens with zero attached hydrogens (tertiary/aromatic N) is 1. The zero-order valence-corrected chi connectivity index (χ0v) is 12.5. The Hall–Kier alpha value is -1.37. The Bertz CT molecular complexity index is 665. The zero-order chi connectivity index (χ0) is 14.6. The van der Waals surface area contributed by atoms with Crippen molar-refractivity contribution in [3.8, 4) is 0 Å². The number of benzene rings is 1. The number of aromatic nitrogens is 1. The Balaban J connectivity index is 1.86. The largest absolute Gasteiger partial charge is 0.446 e. The van der Waals surface area contributed by atoms with Gasteiger partial charge in [0.25, 0.3) is 0 Å². The Labute approximate surface area is 123 Å². The van der Waals surface area contributed by atoms with Gasteiger partial charge < -0.3 is 4.42 Å². The average Bonchev–Trinajstić information content (AvgIpc) is 2.77. The van der Waals surface area contributed by atoms with E-state index in [-0.39, 0.29) is 12.3 Å². The van der Waals surface area contributed by atoms with Gasteiger partial charge in [0.1, 0.15) is 5.76 Å². The fraction of sp³-hybridized carbons (Fsp3) is 0.308. The highest BCUT2D eigenvalue weighted by atomic mass is 35.5. The number of halogens is 1. The first-order chi connectivity index (χ1) is 9.44. The molecule has 0 amide bonds. The van der Waals surface area contributed by atoms with Crippen molar-refractivity contribution in [2.75, 3.05) is 6.54 Å². The molecule has 0 radical (unpaired) electrons. The molecule has 0 aliphatic carbocycles. The summed E-state index contributed by atoms with van der Waals surface area (Å²) in [6, 6.07) is 6.72. The Morgan fingerprint density at radius 2 is 2.00 bits per heavy atom. The smallest absolute Gasteiger partial charge is 0.215 e. The molecule has 2 rings (SSSR count). The summed E-state index contributed by atoms with van der Waals surface area (Å²) >= 11 is 5.75. The van der Waals surface area contributed by atoms with Crippen LogP contribution in [-0.4, -0.2) is 19.9 Å². The monoisotopic (exact) mass is 314 g/mol. The van der Waals surface area contributed by atoms with Gasteiger partial charge in [-0.25, -0.2) is 18.1 Å². The minimum atomic E-state index is -3.37. The van der Waals surface area contributed by atoms with Crippen LogP contribution in [0.5, 0.6) is 0 Å². The maximum absolute atomic E-state index is 11.9. The van der Waals surface area contributed by atoms with Crippen LogP contribution >= 0.6 is 11.6 Å². The number of sulfonamides is 1. The summed E-state index contributed by atoms with van der Waals surface area (Å²) < 4.78 is 31.6. The lowest BCUT2D eigenvalue weighted by molar-refractivity contribution is 0.469. The highest BCUT2D eigenvalue weighted by Gasteiger charge is 2.11. The highest BCUT2D eigenvalue weighted by Crippen LogP contribution is 2.11. The molecule has 2 aromatic rings. The second-order valence-corrected chi connectivity index (χ2v) is 6.64. The van der Waals surface area contributed by atoms with E-state index in [9.17, 15) is 8.42 Å². The SMILES string of the molecule is Cc1cnc(CCNS(=O)(=O)Cc2ccc(Cl)cc2)o1. The summed E-state index contributed by atoms with van der Waals surface area (Å²) in [6.45, 7) is 2.05. The van der Waals surface area contributed by atoms with Crippen LogP contribution < -0.4 is 4.72 Å². The maximum atomic E-state index is 11.9. The number of rotatable bonds is 6. The quantitative estimate of drug-likeness (QED) is 0.888. The lowest BCUT2D eigenvalue weighted by Gasteiger charge is -2.05. The molecule has 7 heteroatoms. The van der Waals surface area contributed by atoms with Gasteiger partial charge in [-0.2, -0.15) is 0 Å². The molecule has 20 heavy (non-hydrogen) atoms. The second-order valence-electron chi connectivity index (χ2n) is 4.39. The van der Waals surface area contributed by atoms with Crippen molar-refractivity contribution in [3.05, 3.63) is 52.7 Å². The molecule has 0 saturated heterocycles. The second kappa shape index (κ2) is 6.39. The standard InChI is InChI=1S/C13H15ClN2O3S/c1-10-8-15-13(19-10)6-7-16-20(17,18)9-11-2-4-12(14)5-3-11/h2-5,8,16H,6-7,9H2,1H3. The first kappa shape index (κ1) is 15.0. The molecule has 108 valence electrons. The molecule has 0 bridgehead atoms. The number of oxazole rings is 1. The van der Waals surface area contributed by atoms with Crippen molar-refractivity contribution in [3.63, 3.8) is 0 Å². The number of hydrogen-bond acceptors (Lipinski definition) is 4. The average molecular weight is 315 g/mol. The van der Waals surface area contributed by atoms with E-state index in [1.807, 2.05) is 0 Å². The van der Waals surface area contributed by atoms with Crippen LogP contribution in [0.4, 0.5) is 0 Å². The summed E-state index contributed by atoms with van der Waals surface area (Å²) in [5.74, 6) is 1.16. The first-order valence-corrected chi connectivity index (χ1v) is 8.11. The fourth-order valence-corrected chi connectivity index (χ4v) is 2.95.